The number of halogens is 1. The van der Waals surface area contributed by atoms with Gasteiger partial charge in [0.25, 0.3) is 5.91 Å². The number of rotatable bonds is 5. The molecule has 4 aromatic rings. The van der Waals surface area contributed by atoms with Crippen molar-refractivity contribution in [3.8, 4) is 5.75 Å². The van der Waals surface area contributed by atoms with E-state index in [-0.39, 0.29) is 5.91 Å². The molecule has 0 aliphatic carbocycles. The summed E-state index contributed by atoms with van der Waals surface area (Å²) >= 11 is 8.94. The van der Waals surface area contributed by atoms with Gasteiger partial charge in [0.15, 0.2) is 0 Å². The summed E-state index contributed by atoms with van der Waals surface area (Å²) in [6.07, 6.45) is 1.50. The van der Waals surface area contributed by atoms with Gasteiger partial charge in [0.1, 0.15) is 15.5 Å². The average molecular weight is 441 g/mol. The van der Waals surface area contributed by atoms with E-state index in [1.807, 2.05) is 29.6 Å². The first kappa shape index (κ1) is 19.3. The van der Waals surface area contributed by atoms with Crippen LogP contribution in [0.25, 0.3) is 10.1 Å². The highest BCUT2D eigenvalue weighted by molar-refractivity contribution is 7.21. The number of carbonyl (C=O) groups excluding carboxylic acids is 2. The molecular formula is C21H13ClN2O3S2. The molecule has 0 aliphatic heterocycles. The average Bonchev–Trinajstić information content (AvgIpc) is 3.38. The van der Waals surface area contributed by atoms with E-state index in [2.05, 4.69) is 10.5 Å². The SMILES string of the molecule is O=C(Oc1ccc(C=NNC(=O)c2sc3ccccc3c2Cl)cc1)c1cccs1. The van der Waals surface area contributed by atoms with Gasteiger partial charge in [-0.15, -0.1) is 22.7 Å². The van der Waals surface area contributed by atoms with E-state index in [0.717, 1.165) is 15.6 Å². The quantitative estimate of drug-likeness (QED) is 0.190. The Morgan fingerprint density at radius 2 is 1.83 bits per heavy atom. The molecule has 0 spiro atoms. The Labute approximate surface area is 179 Å². The molecule has 2 aromatic heterocycles. The molecule has 0 bridgehead atoms. The van der Waals surface area contributed by atoms with Crippen LogP contribution in [0.15, 0.2) is 71.1 Å². The zero-order valence-corrected chi connectivity index (χ0v) is 17.2. The van der Waals surface area contributed by atoms with Crippen LogP contribution in [-0.2, 0) is 0 Å². The topological polar surface area (TPSA) is 67.8 Å². The summed E-state index contributed by atoms with van der Waals surface area (Å²) in [5.41, 5.74) is 3.23. The highest BCUT2D eigenvalue weighted by Crippen LogP contribution is 2.34. The molecule has 1 N–H and O–H groups in total. The van der Waals surface area contributed by atoms with Gasteiger partial charge in [-0.05, 0) is 47.3 Å². The number of thiophene rings is 2. The minimum absolute atomic E-state index is 0.367. The van der Waals surface area contributed by atoms with Crippen molar-refractivity contribution in [3.63, 3.8) is 0 Å². The first-order valence-corrected chi connectivity index (χ1v) is 10.6. The summed E-state index contributed by atoms with van der Waals surface area (Å²) in [6, 6.07) is 17.9. The number of nitrogens with zero attached hydrogens (tertiary/aromatic N) is 1. The highest BCUT2D eigenvalue weighted by Gasteiger charge is 2.16. The van der Waals surface area contributed by atoms with E-state index in [9.17, 15) is 9.59 Å². The lowest BCUT2D eigenvalue weighted by Gasteiger charge is -2.03. The largest absolute Gasteiger partial charge is 0.422 e. The minimum atomic E-state index is -0.395. The lowest BCUT2D eigenvalue weighted by Crippen LogP contribution is -2.16. The number of carbonyl (C=O) groups is 2. The van der Waals surface area contributed by atoms with Gasteiger partial charge in [-0.2, -0.15) is 5.10 Å². The van der Waals surface area contributed by atoms with Crippen molar-refractivity contribution < 1.29 is 14.3 Å². The molecule has 0 fully saturated rings. The van der Waals surface area contributed by atoms with E-state index >= 15 is 0 Å². The Morgan fingerprint density at radius 1 is 1.03 bits per heavy atom. The van der Waals surface area contributed by atoms with Crippen molar-refractivity contribution in [2.45, 2.75) is 0 Å². The second kappa shape index (κ2) is 8.57. The lowest BCUT2D eigenvalue weighted by atomic mass is 10.2. The predicted octanol–water partition coefficient (Wildman–Crippen LogP) is 5.60. The molecule has 8 heteroatoms. The van der Waals surface area contributed by atoms with Gasteiger partial charge >= 0.3 is 5.97 Å². The maximum Gasteiger partial charge on any atom is 0.353 e. The maximum atomic E-state index is 12.4. The smallest absolute Gasteiger partial charge is 0.353 e. The van der Waals surface area contributed by atoms with Crippen LogP contribution in [0, 0.1) is 0 Å². The molecule has 0 aliphatic rings. The fourth-order valence-corrected chi connectivity index (χ4v) is 4.56. The Kier molecular flexibility index (Phi) is 5.71. The second-order valence-corrected chi connectivity index (χ2v) is 8.25. The summed E-state index contributed by atoms with van der Waals surface area (Å²) in [5.74, 6) is -0.329. The summed E-state index contributed by atoms with van der Waals surface area (Å²) < 4.78 is 6.24. The number of nitrogens with one attached hydrogen (secondary N) is 1. The fourth-order valence-electron chi connectivity index (χ4n) is 2.55. The van der Waals surface area contributed by atoms with E-state index in [4.69, 9.17) is 16.3 Å². The van der Waals surface area contributed by atoms with Crippen molar-refractivity contribution in [2.75, 3.05) is 0 Å². The van der Waals surface area contributed by atoms with Crippen LogP contribution in [0.3, 0.4) is 0 Å². The van der Waals surface area contributed by atoms with Crippen molar-refractivity contribution in [3.05, 3.63) is 86.4 Å². The number of amides is 1. The van der Waals surface area contributed by atoms with Gasteiger partial charge < -0.3 is 4.74 Å². The molecule has 29 heavy (non-hydrogen) atoms. The molecular weight excluding hydrogens is 428 g/mol. The van der Waals surface area contributed by atoms with Crippen LogP contribution in [0.4, 0.5) is 0 Å². The Bertz CT molecular complexity index is 1200. The third kappa shape index (κ3) is 4.37. The molecule has 0 radical (unpaired) electrons. The minimum Gasteiger partial charge on any atom is -0.422 e. The lowest BCUT2D eigenvalue weighted by molar-refractivity contribution is 0.0739. The van der Waals surface area contributed by atoms with Crippen molar-refractivity contribution in [1.82, 2.24) is 5.43 Å². The van der Waals surface area contributed by atoms with E-state index in [1.165, 1.54) is 28.9 Å². The summed E-state index contributed by atoms with van der Waals surface area (Å²) in [4.78, 5) is 25.3. The van der Waals surface area contributed by atoms with Crippen molar-refractivity contribution in [2.24, 2.45) is 5.10 Å². The summed E-state index contributed by atoms with van der Waals surface area (Å²) in [7, 11) is 0. The highest BCUT2D eigenvalue weighted by atomic mass is 35.5. The number of hydrogen-bond donors (Lipinski definition) is 1. The molecule has 2 aromatic carbocycles. The number of benzene rings is 2. The molecule has 4 rings (SSSR count). The number of fused-ring (bicyclic) bond motifs is 1. The van der Waals surface area contributed by atoms with Crippen LogP contribution < -0.4 is 10.2 Å². The zero-order valence-electron chi connectivity index (χ0n) is 14.8. The number of hydrazone groups is 1. The van der Waals surface area contributed by atoms with Crippen LogP contribution in [0.1, 0.15) is 24.9 Å². The molecule has 2 heterocycles. The Morgan fingerprint density at radius 3 is 2.55 bits per heavy atom. The molecule has 0 atom stereocenters. The van der Waals surface area contributed by atoms with E-state index < -0.39 is 5.97 Å². The Balaban J connectivity index is 1.38. The van der Waals surface area contributed by atoms with Gasteiger partial charge in [-0.1, -0.05) is 35.9 Å². The number of ether oxygens (including phenoxy) is 1. The molecule has 0 unspecified atom stereocenters. The molecule has 0 saturated heterocycles. The zero-order chi connectivity index (χ0) is 20.2. The maximum absolute atomic E-state index is 12.4. The third-order valence-electron chi connectivity index (χ3n) is 3.93. The monoisotopic (exact) mass is 440 g/mol. The van der Waals surface area contributed by atoms with Gasteiger partial charge in [-0.25, -0.2) is 10.2 Å². The number of hydrogen-bond acceptors (Lipinski definition) is 6. The Hall–Kier alpha value is -3.00. The predicted molar refractivity (Wildman–Crippen MR) is 118 cm³/mol. The third-order valence-corrected chi connectivity index (χ3v) is 6.46. The van der Waals surface area contributed by atoms with Crippen LogP contribution >= 0.6 is 34.3 Å². The summed E-state index contributed by atoms with van der Waals surface area (Å²) in [5, 5.41) is 7.07. The van der Waals surface area contributed by atoms with Crippen LogP contribution in [-0.4, -0.2) is 18.1 Å². The molecule has 5 nitrogen and oxygen atoms in total. The first-order chi connectivity index (χ1) is 14.1. The molecule has 144 valence electrons. The standard InChI is InChI=1S/C21H13ClN2O3S2/c22-18-15-4-1-2-5-16(15)29-19(18)20(25)24-23-12-13-7-9-14(10-8-13)27-21(26)17-6-3-11-28-17/h1-12H,(H,24,25). The van der Waals surface area contributed by atoms with E-state index in [1.54, 1.807) is 36.4 Å². The van der Waals surface area contributed by atoms with Crippen LogP contribution in [0.5, 0.6) is 5.75 Å². The first-order valence-electron chi connectivity index (χ1n) is 8.48. The summed E-state index contributed by atoms with van der Waals surface area (Å²) in [6.45, 7) is 0. The van der Waals surface area contributed by atoms with Crippen molar-refractivity contribution in [1.29, 1.82) is 0 Å². The normalized spacial score (nSPS) is 11.1. The number of esters is 1. The van der Waals surface area contributed by atoms with Gasteiger partial charge in [0.05, 0.1) is 11.2 Å². The molecule has 1 amide bonds. The van der Waals surface area contributed by atoms with Gasteiger partial charge in [-0.3, -0.25) is 4.79 Å². The molecule has 0 saturated carbocycles. The van der Waals surface area contributed by atoms with Gasteiger partial charge in [0, 0.05) is 10.1 Å². The van der Waals surface area contributed by atoms with Crippen LogP contribution in [0.2, 0.25) is 5.02 Å². The van der Waals surface area contributed by atoms with Gasteiger partial charge in [0.2, 0.25) is 0 Å². The van der Waals surface area contributed by atoms with E-state index in [0.29, 0.717) is 20.5 Å². The fraction of sp³-hybridized carbons (Fsp3) is 0. The second-order valence-electron chi connectivity index (χ2n) is 5.88. The van der Waals surface area contributed by atoms with Crippen molar-refractivity contribution >= 4 is 62.5 Å².